The van der Waals surface area contributed by atoms with Crippen LogP contribution in [0, 0.1) is 0 Å². The second kappa shape index (κ2) is 18.3. The molecule has 0 radical (unpaired) electrons. The van der Waals surface area contributed by atoms with Gasteiger partial charge in [-0.05, 0) is 73.4 Å². The van der Waals surface area contributed by atoms with Gasteiger partial charge in [-0.3, -0.25) is 14.5 Å². The van der Waals surface area contributed by atoms with Crippen molar-refractivity contribution in [1.29, 1.82) is 0 Å². The van der Waals surface area contributed by atoms with Crippen molar-refractivity contribution in [3.05, 3.63) is 83.4 Å². The zero-order valence-corrected chi connectivity index (χ0v) is 28.0. The highest BCUT2D eigenvalue weighted by Gasteiger charge is 2.38. The smallest absolute Gasteiger partial charge is 0.343 e. The molecule has 0 saturated carbocycles. The maximum absolute atomic E-state index is 13.1. The third-order valence-corrected chi connectivity index (χ3v) is 8.84. The molecule has 6 nitrogen and oxygen atoms in total. The molecule has 3 aromatic rings. The van der Waals surface area contributed by atoms with Crippen molar-refractivity contribution < 1.29 is 23.9 Å². The van der Waals surface area contributed by atoms with Gasteiger partial charge in [-0.25, -0.2) is 4.79 Å². The van der Waals surface area contributed by atoms with Gasteiger partial charge in [-0.15, -0.1) is 0 Å². The van der Waals surface area contributed by atoms with Gasteiger partial charge in [0.05, 0.1) is 23.3 Å². The molecule has 1 aliphatic heterocycles. The monoisotopic (exact) mass is 625 g/mol. The van der Waals surface area contributed by atoms with E-state index in [1.165, 1.54) is 62.3 Å². The molecular weight excluding hydrogens is 574 g/mol. The van der Waals surface area contributed by atoms with Crippen LogP contribution in [0.5, 0.6) is 11.5 Å². The minimum Gasteiger partial charge on any atom is -0.494 e. The molecule has 0 bridgehead atoms. The van der Waals surface area contributed by atoms with E-state index in [1.807, 2.05) is 43.3 Å². The van der Waals surface area contributed by atoms with E-state index < -0.39 is 5.97 Å². The Hall–Kier alpha value is -3.93. The molecule has 0 saturated heterocycles. The number of hydrogen-bond acceptors (Lipinski definition) is 5. The fraction of sp³-hybridized carbons (Fsp3) is 0.475. The summed E-state index contributed by atoms with van der Waals surface area (Å²) >= 11 is 0. The lowest BCUT2D eigenvalue weighted by Crippen LogP contribution is -2.37. The molecule has 2 amide bonds. The lowest BCUT2D eigenvalue weighted by molar-refractivity contribution is 0.0587. The van der Waals surface area contributed by atoms with E-state index in [9.17, 15) is 14.4 Å². The SMILES string of the molecule is CCCCCCCCCCCOc1ccc(-c2ccc(OC(=O)c3ccc4c(c3)C(=O)N([C@@H](C)CCCCCC)C4=O)cc2)cc1. The van der Waals surface area contributed by atoms with Crippen LogP contribution in [0.2, 0.25) is 0 Å². The Kier molecular flexibility index (Phi) is 13.9. The van der Waals surface area contributed by atoms with E-state index in [0.29, 0.717) is 11.3 Å². The van der Waals surface area contributed by atoms with Crippen molar-refractivity contribution in [1.82, 2.24) is 4.90 Å². The zero-order chi connectivity index (χ0) is 32.7. The van der Waals surface area contributed by atoms with Gasteiger partial charge in [0.25, 0.3) is 11.8 Å². The van der Waals surface area contributed by atoms with Crippen LogP contribution in [0.25, 0.3) is 11.1 Å². The number of benzene rings is 3. The molecule has 246 valence electrons. The molecule has 3 aromatic carbocycles. The summed E-state index contributed by atoms with van der Waals surface area (Å²) in [5, 5.41) is 0. The summed E-state index contributed by atoms with van der Waals surface area (Å²) in [4.78, 5) is 40.4. The highest BCUT2D eigenvalue weighted by Crippen LogP contribution is 2.29. The minimum absolute atomic E-state index is 0.188. The average molecular weight is 626 g/mol. The Labute approximate surface area is 275 Å². The molecule has 1 aliphatic rings. The number of hydrogen-bond donors (Lipinski definition) is 0. The Bertz CT molecular complexity index is 1410. The van der Waals surface area contributed by atoms with Crippen LogP contribution in [-0.4, -0.2) is 35.3 Å². The number of imide groups is 1. The van der Waals surface area contributed by atoms with Gasteiger partial charge in [0.15, 0.2) is 0 Å². The van der Waals surface area contributed by atoms with E-state index in [0.717, 1.165) is 62.0 Å². The van der Waals surface area contributed by atoms with E-state index in [4.69, 9.17) is 9.47 Å². The van der Waals surface area contributed by atoms with Crippen molar-refractivity contribution in [3.8, 4) is 22.6 Å². The number of carbonyl (C=O) groups is 3. The van der Waals surface area contributed by atoms with Gasteiger partial charge >= 0.3 is 5.97 Å². The van der Waals surface area contributed by atoms with Crippen LogP contribution >= 0.6 is 0 Å². The lowest BCUT2D eigenvalue weighted by Gasteiger charge is -2.22. The number of esters is 1. The quantitative estimate of drug-likeness (QED) is 0.0541. The van der Waals surface area contributed by atoms with Crippen LogP contribution in [0.4, 0.5) is 0 Å². The Balaban J connectivity index is 1.24. The molecule has 6 heteroatoms. The van der Waals surface area contributed by atoms with Gasteiger partial charge in [0.2, 0.25) is 0 Å². The van der Waals surface area contributed by atoms with Crippen molar-refractivity contribution in [2.24, 2.45) is 0 Å². The second-order valence-electron chi connectivity index (χ2n) is 12.6. The third kappa shape index (κ3) is 9.78. The van der Waals surface area contributed by atoms with Crippen molar-refractivity contribution in [3.63, 3.8) is 0 Å². The zero-order valence-electron chi connectivity index (χ0n) is 28.0. The molecule has 0 unspecified atom stereocenters. The van der Waals surface area contributed by atoms with Crippen molar-refractivity contribution in [2.75, 3.05) is 6.61 Å². The molecule has 1 atom stereocenters. The summed E-state index contributed by atoms with van der Waals surface area (Å²) in [6, 6.07) is 19.8. The number of fused-ring (bicyclic) bond motifs is 1. The number of carbonyl (C=O) groups excluding carboxylic acids is 3. The largest absolute Gasteiger partial charge is 0.494 e. The number of amides is 2. The normalized spacial score (nSPS) is 13.2. The van der Waals surface area contributed by atoms with Crippen molar-refractivity contribution in [2.45, 2.75) is 117 Å². The number of nitrogens with zero attached hydrogens (tertiary/aromatic N) is 1. The third-order valence-electron chi connectivity index (χ3n) is 8.84. The molecule has 0 fully saturated rings. The first-order valence-electron chi connectivity index (χ1n) is 17.5. The average Bonchev–Trinajstić information content (AvgIpc) is 3.33. The molecule has 4 rings (SSSR count). The summed E-state index contributed by atoms with van der Waals surface area (Å²) in [7, 11) is 0. The Morgan fingerprint density at radius 3 is 1.76 bits per heavy atom. The predicted molar refractivity (Wildman–Crippen MR) is 185 cm³/mol. The number of rotatable bonds is 20. The first kappa shape index (κ1) is 34.9. The summed E-state index contributed by atoms with van der Waals surface area (Å²) in [6.45, 7) is 7.05. The molecule has 0 aromatic heterocycles. The van der Waals surface area contributed by atoms with Crippen LogP contribution < -0.4 is 9.47 Å². The maximum Gasteiger partial charge on any atom is 0.343 e. The van der Waals surface area contributed by atoms with Crippen molar-refractivity contribution >= 4 is 17.8 Å². The predicted octanol–water partition coefficient (Wildman–Crippen LogP) is 10.4. The van der Waals surface area contributed by atoms with Gasteiger partial charge in [0, 0.05) is 6.04 Å². The van der Waals surface area contributed by atoms with E-state index in [1.54, 1.807) is 24.3 Å². The molecule has 0 spiro atoms. The summed E-state index contributed by atoms with van der Waals surface area (Å²) in [5.74, 6) is 0.0574. The summed E-state index contributed by atoms with van der Waals surface area (Å²) in [5.41, 5.74) is 2.87. The van der Waals surface area contributed by atoms with E-state index in [2.05, 4.69) is 13.8 Å². The van der Waals surface area contributed by atoms with Gasteiger partial charge in [-0.1, -0.05) is 115 Å². The first-order valence-corrected chi connectivity index (χ1v) is 17.5. The van der Waals surface area contributed by atoms with Crippen LogP contribution in [0.15, 0.2) is 66.7 Å². The molecule has 0 N–H and O–H groups in total. The fourth-order valence-corrected chi connectivity index (χ4v) is 6.01. The first-order chi connectivity index (χ1) is 22.4. The molecule has 1 heterocycles. The summed E-state index contributed by atoms with van der Waals surface area (Å²) in [6.07, 6.45) is 16.7. The molecular formula is C40H51NO5. The van der Waals surface area contributed by atoms with Crippen LogP contribution in [-0.2, 0) is 0 Å². The number of unbranched alkanes of at least 4 members (excludes halogenated alkanes) is 11. The van der Waals surface area contributed by atoms with Crippen LogP contribution in [0.1, 0.15) is 142 Å². The Morgan fingerprint density at radius 2 is 1.15 bits per heavy atom. The second-order valence-corrected chi connectivity index (χ2v) is 12.6. The van der Waals surface area contributed by atoms with E-state index >= 15 is 0 Å². The number of ether oxygens (including phenoxy) is 2. The Morgan fingerprint density at radius 1 is 0.630 bits per heavy atom. The standard InChI is InChI=1S/C40H51NO5/c1-4-6-8-10-11-12-13-14-16-28-45-34-23-18-31(19-24-34)32-20-25-35(26-21-32)46-40(44)33-22-27-36-37(29-33)39(43)41(38(36)42)30(3)17-15-9-7-5-2/h18-27,29-30H,4-17,28H2,1-3H3/t30-/m0/s1. The van der Waals surface area contributed by atoms with Gasteiger partial charge in [-0.2, -0.15) is 0 Å². The van der Waals surface area contributed by atoms with Crippen LogP contribution in [0.3, 0.4) is 0 Å². The highest BCUT2D eigenvalue weighted by atomic mass is 16.5. The molecule has 0 aliphatic carbocycles. The van der Waals surface area contributed by atoms with E-state index in [-0.39, 0.29) is 29.0 Å². The fourth-order valence-electron chi connectivity index (χ4n) is 6.01. The minimum atomic E-state index is -0.574. The summed E-state index contributed by atoms with van der Waals surface area (Å²) < 4.78 is 11.6. The van der Waals surface area contributed by atoms with Gasteiger partial charge < -0.3 is 9.47 Å². The van der Waals surface area contributed by atoms with Gasteiger partial charge in [0.1, 0.15) is 11.5 Å². The topological polar surface area (TPSA) is 72.9 Å². The maximum atomic E-state index is 13.1. The lowest BCUT2D eigenvalue weighted by atomic mass is 10.1. The molecule has 46 heavy (non-hydrogen) atoms. The highest BCUT2D eigenvalue weighted by molar-refractivity contribution is 6.22.